The van der Waals surface area contributed by atoms with Crippen molar-refractivity contribution in [3.8, 4) is 11.3 Å². The molecule has 0 radical (unpaired) electrons. The number of hydrogen-bond acceptors (Lipinski definition) is 8. The van der Waals surface area contributed by atoms with Crippen molar-refractivity contribution in [2.75, 3.05) is 29.8 Å². The second-order valence-corrected chi connectivity index (χ2v) is 13.0. The Morgan fingerprint density at radius 3 is 2.62 bits per heavy atom. The summed E-state index contributed by atoms with van der Waals surface area (Å²) in [6.45, 7) is 6.28. The number of benzene rings is 2. The van der Waals surface area contributed by atoms with E-state index < -0.39 is 33.5 Å². The topological polar surface area (TPSA) is 131 Å². The zero-order valence-corrected chi connectivity index (χ0v) is 24.4. The largest absolute Gasteiger partial charge is 0.350 e. The fraction of sp³-hybridized carbons (Fsp3) is 0.379. The maximum Gasteiger partial charge on any atom is 0.278 e. The smallest absolute Gasteiger partial charge is 0.278 e. The summed E-state index contributed by atoms with van der Waals surface area (Å²) < 4.78 is 57.7. The van der Waals surface area contributed by atoms with E-state index in [0.29, 0.717) is 42.2 Å². The van der Waals surface area contributed by atoms with Crippen LogP contribution in [0.5, 0.6) is 0 Å². The number of piperidine rings is 1. The number of nitrogens with one attached hydrogen (secondary N) is 3. The molecule has 0 amide bonds. The van der Waals surface area contributed by atoms with Crippen LogP contribution in [-0.2, 0) is 15.8 Å². The van der Waals surface area contributed by atoms with Crippen LogP contribution in [0.2, 0.25) is 0 Å². The van der Waals surface area contributed by atoms with Crippen LogP contribution < -0.4 is 20.9 Å². The molecule has 0 aliphatic carbocycles. The molecule has 0 unspecified atom stereocenters. The van der Waals surface area contributed by atoms with Gasteiger partial charge in [-0.25, -0.2) is 22.8 Å². The van der Waals surface area contributed by atoms with Gasteiger partial charge in [-0.15, -0.1) is 0 Å². The highest BCUT2D eigenvalue weighted by molar-refractivity contribution is 7.91. The van der Waals surface area contributed by atoms with Gasteiger partial charge < -0.3 is 10.6 Å². The first-order valence-electron chi connectivity index (χ1n) is 13.6. The molecule has 0 spiro atoms. The normalized spacial score (nSPS) is 19.2. The molecule has 3 heterocycles. The van der Waals surface area contributed by atoms with Gasteiger partial charge in [-0.05, 0) is 38.0 Å². The highest BCUT2D eigenvalue weighted by atomic mass is 32.2. The summed E-state index contributed by atoms with van der Waals surface area (Å²) in [6, 6.07) is 11.9. The average Bonchev–Trinajstić information content (AvgIpc) is 2.94. The van der Waals surface area contributed by atoms with Gasteiger partial charge in [0.25, 0.3) is 5.56 Å². The molecule has 42 heavy (non-hydrogen) atoms. The lowest BCUT2D eigenvalue weighted by atomic mass is 9.82. The molecule has 0 bridgehead atoms. The minimum atomic E-state index is -3.88. The Balaban J connectivity index is 1.44. The summed E-state index contributed by atoms with van der Waals surface area (Å²) in [4.78, 5) is 27.0. The predicted octanol–water partition coefficient (Wildman–Crippen LogP) is 4.27. The van der Waals surface area contributed by atoms with E-state index in [2.05, 4.69) is 30.3 Å². The molecule has 1 aliphatic heterocycles. The molecule has 1 aliphatic rings. The molecule has 2 aromatic carbocycles. The van der Waals surface area contributed by atoms with E-state index >= 15 is 4.39 Å². The van der Waals surface area contributed by atoms with E-state index in [1.165, 1.54) is 22.9 Å². The van der Waals surface area contributed by atoms with E-state index in [0.717, 1.165) is 6.07 Å². The molecule has 222 valence electrons. The predicted molar refractivity (Wildman–Crippen MR) is 159 cm³/mol. The second-order valence-electron chi connectivity index (χ2n) is 11.3. The van der Waals surface area contributed by atoms with Crippen LogP contribution in [0, 0.1) is 11.2 Å². The minimum Gasteiger partial charge on any atom is -0.350 e. The maximum atomic E-state index is 15.1. The molecule has 1 saturated heterocycles. The molecule has 1 fully saturated rings. The van der Waals surface area contributed by atoms with Gasteiger partial charge >= 0.3 is 0 Å². The van der Waals surface area contributed by atoms with Crippen LogP contribution in [0.4, 0.5) is 20.4 Å². The number of sulfonamides is 1. The first-order chi connectivity index (χ1) is 20.0. The first-order valence-corrected chi connectivity index (χ1v) is 15.3. The van der Waals surface area contributed by atoms with Gasteiger partial charge in [-0.2, -0.15) is 4.98 Å². The van der Waals surface area contributed by atoms with Gasteiger partial charge in [0.2, 0.25) is 16.0 Å². The molecule has 2 atom stereocenters. The van der Waals surface area contributed by atoms with Crippen molar-refractivity contribution in [1.29, 1.82) is 0 Å². The summed E-state index contributed by atoms with van der Waals surface area (Å²) in [5, 5.41) is 6.48. The van der Waals surface area contributed by atoms with E-state index in [1.54, 1.807) is 30.3 Å². The number of alkyl halides is 1. The molecule has 5 rings (SSSR count). The SMILES string of the molecule is CC(C)n1c(=O)c(-c2ccc(NS(=O)(=O)Cc3ccccc3)c(F)c2)nc2cnc(N[C@@H]3CNC[C@@](C)(CF)C3)nc21. The molecule has 3 N–H and O–H groups in total. The monoisotopic (exact) mass is 597 g/mol. The number of nitrogens with zero attached hydrogens (tertiary/aromatic N) is 4. The summed E-state index contributed by atoms with van der Waals surface area (Å²) in [6.07, 6.45) is 2.08. The summed E-state index contributed by atoms with van der Waals surface area (Å²) >= 11 is 0. The lowest BCUT2D eigenvalue weighted by Gasteiger charge is -2.37. The van der Waals surface area contributed by atoms with Gasteiger partial charge in [0.1, 0.15) is 17.0 Å². The minimum absolute atomic E-state index is 0.0201. The molecule has 2 aromatic heterocycles. The number of anilines is 2. The summed E-state index contributed by atoms with van der Waals surface area (Å²) in [7, 11) is -3.88. The van der Waals surface area contributed by atoms with Crippen molar-refractivity contribution in [1.82, 2.24) is 24.8 Å². The average molecular weight is 598 g/mol. The van der Waals surface area contributed by atoms with Crippen LogP contribution in [-0.4, -0.2) is 53.7 Å². The van der Waals surface area contributed by atoms with Gasteiger partial charge in [-0.3, -0.25) is 18.5 Å². The number of aromatic nitrogens is 4. The Labute approximate surface area is 242 Å². The van der Waals surface area contributed by atoms with Crippen molar-refractivity contribution >= 4 is 32.8 Å². The standard InChI is InChI=1S/C29H33F2N7O3S/c1-18(2)38-26-24(14-33-28(36-26)34-21-12-29(3,16-30)17-32-13-21)35-25(27(38)39)20-9-10-23(22(31)11-20)37-42(40,41)15-19-7-5-4-6-8-19/h4-11,14,18,21,32,37H,12-13,15-17H2,1-3H3,(H,33,34,36)/t21-,29+/m0/s1. The molecule has 10 nitrogen and oxygen atoms in total. The Morgan fingerprint density at radius 1 is 1.17 bits per heavy atom. The third kappa shape index (κ3) is 6.41. The zero-order valence-electron chi connectivity index (χ0n) is 23.6. The van der Waals surface area contributed by atoms with Crippen LogP contribution in [0.3, 0.4) is 0 Å². The van der Waals surface area contributed by atoms with Crippen LogP contribution in [0.1, 0.15) is 38.8 Å². The van der Waals surface area contributed by atoms with Crippen molar-refractivity contribution in [3.63, 3.8) is 0 Å². The number of fused-ring (bicyclic) bond motifs is 1. The summed E-state index contributed by atoms with van der Waals surface area (Å²) in [5.41, 5.74) is 0.143. The van der Waals surface area contributed by atoms with Crippen LogP contribution >= 0.6 is 0 Å². The molecular weight excluding hydrogens is 564 g/mol. The highest BCUT2D eigenvalue weighted by Gasteiger charge is 2.32. The van der Waals surface area contributed by atoms with Crippen molar-refractivity contribution in [3.05, 3.63) is 76.5 Å². The van der Waals surface area contributed by atoms with E-state index in [9.17, 15) is 17.6 Å². The number of hydrogen-bond donors (Lipinski definition) is 3. The Bertz CT molecular complexity index is 1770. The molecule has 0 saturated carbocycles. The molecule has 13 heteroatoms. The van der Waals surface area contributed by atoms with E-state index in [4.69, 9.17) is 0 Å². The zero-order chi connectivity index (χ0) is 30.1. The van der Waals surface area contributed by atoms with Crippen molar-refractivity contribution in [2.45, 2.75) is 45.0 Å². The van der Waals surface area contributed by atoms with E-state index in [1.807, 2.05) is 20.8 Å². The Kier molecular flexibility index (Phi) is 8.24. The lowest BCUT2D eigenvalue weighted by molar-refractivity contribution is 0.168. The van der Waals surface area contributed by atoms with Crippen molar-refractivity contribution in [2.24, 2.45) is 5.41 Å². The molecule has 4 aromatic rings. The van der Waals surface area contributed by atoms with Crippen LogP contribution in [0.15, 0.2) is 59.5 Å². The molecular formula is C29H33F2N7O3S. The Hall–Kier alpha value is -3.97. The number of rotatable bonds is 9. The lowest BCUT2D eigenvalue weighted by Crippen LogP contribution is -2.49. The van der Waals surface area contributed by atoms with Gasteiger partial charge in [-0.1, -0.05) is 43.3 Å². The van der Waals surface area contributed by atoms with Gasteiger partial charge in [0.15, 0.2) is 5.65 Å². The van der Waals surface area contributed by atoms with Gasteiger partial charge in [0, 0.05) is 36.2 Å². The summed E-state index contributed by atoms with van der Waals surface area (Å²) in [5.74, 6) is -0.874. The second kappa shape index (κ2) is 11.7. The maximum absolute atomic E-state index is 15.1. The highest BCUT2D eigenvalue weighted by Crippen LogP contribution is 2.28. The van der Waals surface area contributed by atoms with Crippen molar-refractivity contribution < 1.29 is 17.2 Å². The fourth-order valence-corrected chi connectivity index (χ4v) is 6.36. The third-order valence-corrected chi connectivity index (χ3v) is 8.44. The van der Waals surface area contributed by atoms with Crippen LogP contribution in [0.25, 0.3) is 22.4 Å². The number of halogens is 2. The quantitative estimate of drug-likeness (QED) is 0.261. The fourth-order valence-electron chi connectivity index (χ4n) is 5.15. The first kappa shape index (κ1) is 29.5. The third-order valence-electron chi connectivity index (χ3n) is 7.19. The van der Waals surface area contributed by atoms with E-state index in [-0.39, 0.29) is 34.8 Å². The van der Waals surface area contributed by atoms with Gasteiger partial charge in [0.05, 0.1) is 24.3 Å². The Morgan fingerprint density at radius 2 is 1.93 bits per heavy atom.